The fourth-order valence-corrected chi connectivity index (χ4v) is 2.38. The summed E-state index contributed by atoms with van der Waals surface area (Å²) in [5.41, 5.74) is -0.580. The van der Waals surface area contributed by atoms with Crippen molar-refractivity contribution in [3.63, 3.8) is 0 Å². The maximum absolute atomic E-state index is 10.2. The molecule has 0 aliphatic heterocycles. The maximum atomic E-state index is 10.2. The van der Waals surface area contributed by atoms with E-state index in [1.165, 1.54) is 0 Å². The molecular formula is C12H18ClN3O. The summed E-state index contributed by atoms with van der Waals surface area (Å²) in [6, 6.07) is 1.69. The summed E-state index contributed by atoms with van der Waals surface area (Å²) in [6.07, 6.45) is 4.67. The van der Waals surface area contributed by atoms with E-state index in [-0.39, 0.29) is 0 Å². The van der Waals surface area contributed by atoms with Crippen molar-refractivity contribution >= 4 is 17.4 Å². The Balaban J connectivity index is 2.00. The molecule has 1 saturated carbocycles. The number of rotatable bonds is 4. The number of anilines is 1. The van der Waals surface area contributed by atoms with Crippen LogP contribution in [0.4, 0.5) is 5.82 Å². The molecule has 1 aromatic rings. The highest BCUT2D eigenvalue weighted by Crippen LogP contribution is 2.29. The van der Waals surface area contributed by atoms with Gasteiger partial charge in [0.25, 0.3) is 0 Å². The third-order valence-corrected chi connectivity index (χ3v) is 3.38. The average Bonchev–Trinajstić information content (AvgIpc) is 2.73. The van der Waals surface area contributed by atoms with Crippen molar-refractivity contribution < 1.29 is 5.11 Å². The first-order chi connectivity index (χ1) is 8.11. The Kier molecular flexibility index (Phi) is 3.84. The molecule has 2 rings (SSSR count). The Morgan fingerprint density at radius 3 is 2.76 bits per heavy atom. The molecule has 2 N–H and O–H groups in total. The normalized spacial score (nSPS) is 18.3. The molecule has 5 heteroatoms. The van der Waals surface area contributed by atoms with Crippen LogP contribution in [0.15, 0.2) is 6.07 Å². The molecule has 0 amide bonds. The third-order valence-electron chi connectivity index (χ3n) is 3.19. The van der Waals surface area contributed by atoms with E-state index in [1.54, 1.807) is 6.07 Å². The van der Waals surface area contributed by atoms with Gasteiger partial charge in [-0.05, 0) is 12.8 Å². The van der Waals surface area contributed by atoms with E-state index in [4.69, 9.17) is 11.6 Å². The Hall–Kier alpha value is -0.870. The predicted molar refractivity (Wildman–Crippen MR) is 68.3 cm³/mol. The second-order valence-corrected chi connectivity index (χ2v) is 5.02. The lowest BCUT2D eigenvalue weighted by atomic mass is 10.0. The second-order valence-electron chi connectivity index (χ2n) is 4.63. The van der Waals surface area contributed by atoms with Crippen LogP contribution in [0.1, 0.15) is 38.4 Å². The number of nitrogens with one attached hydrogen (secondary N) is 1. The standard InChI is InChI=1S/C12H18ClN3O/c1-2-10-15-9(13)7-11(16-10)14-8-12(17)5-3-4-6-12/h7,17H,2-6,8H2,1H3,(H,14,15,16). The van der Waals surface area contributed by atoms with Crippen LogP contribution in [0.25, 0.3) is 0 Å². The first kappa shape index (κ1) is 12.6. The van der Waals surface area contributed by atoms with Crippen LogP contribution in [-0.2, 0) is 6.42 Å². The number of hydrogen-bond acceptors (Lipinski definition) is 4. The molecular weight excluding hydrogens is 238 g/mol. The van der Waals surface area contributed by atoms with Gasteiger partial charge in [0, 0.05) is 19.0 Å². The first-order valence-corrected chi connectivity index (χ1v) is 6.49. The van der Waals surface area contributed by atoms with Crippen LogP contribution in [0, 0.1) is 0 Å². The molecule has 4 nitrogen and oxygen atoms in total. The summed E-state index contributed by atoms with van der Waals surface area (Å²) in [4.78, 5) is 8.43. The quantitative estimate of drug-likeness (QED) is 0.812. The van der Waals surface area contributed by atoms with Crippen LogP contribution in [0.2, 0.25) is 5.15 Å². The first-order valence-electron chi connectivity index (χ1n) is 6.11. The van der Waals surface area contributed by atoms with Gasteiger partial charge in [-0.2, -0.15) is 0 Å². The summed E-state index contributed by atoms with van der Waals surface area (Å²) in [5, 5.41) is 13.8. The molecule has 0 bridgehead atoms. The largest absolute Gasteiger partial charge is 0.388 e. The molecule has 0 radical (unpaired) electrons. The van der Waals surface area contributed by atoms with E-state index in [9.17, 15) is 5.11 Å². The molecule has 0 spiro atoms. The van der Waals surface area contributed by atoms with Crippen LogP contribution < -0.4 is 5.32 Å². The molecule has 0 saturated heterocycles. The molecule has 0 aromatic carbocycles. The van der Waals surface area contributed by atoms with Gasteiger partial charge >= 0.3 is 0 Å². The van der Waals surface area contributed by atoms with Crippen molar-refractivity contribution in [3.8, 4) is 0 Å². The minimum absolute atomic E-state index is 0.442. The smallest absolute Gasteiger partial charge is 0.134 e. The van der Waals surface area contributed by atoms with Gasteiger partial charge in [-0.1, -0.05) is 31.4 Å². The number of aliphatic hydroxyl groups is 1. The monoisotopic (exact) mass is 255 g/mol. The van der Waals surface area contributed by atoms with Gasteiger partial charge in [0.1, 0.15) is 16.8 Å². The van der Waals surface area contributed by atoms with Crippen LogP contribution in [0.3, 0.4) is 0 Å². The van der Waals surface area contributed by atoms with E-state index in [0.29, 0.717) is 17.5 Å². The van der Waals surface area contributed by atoms with Crippen molar-refractivity contribution in [2.75, 3.05) is 11.9 Å². The maximum Gasteiger partial charge on any atom is 0.134 e. The van der Waals surface area contributed by atoms with Crippen molar-refractivity contribution in [1.29, 1.82) is 0 Å². The minimum Gasteiger partial charge on any atom is -0.388 e. The summed E-state index contributed by atoms with van der Waals surface area (Å²) < 4.78 is 0. The zero-order valence-electron chi connectivity index (χ0n) is 10.0. The zero-order chi connectivity index (χ0) is 12.3. The van der Waals surface area contributed by atoms with E-state index >= 15 is 0 Å². The lowest BCUT2D eigenvalue weighted by molar-refractivity contribution is 0.0614. The van der Waals surface area contributed by atoms with Gasteiger partial charge in [0.2, 0.25) is 0 Å². The summed E-state index contributed by atoms with van der Waals surface area (Å²) in [6.45, 7) is 2.52. The third kappa shape index (κ3) is 3.30. The summed E-state index contributed by atoms with van der Waals surface area (Å²) >= 11 is 5.91. The highest BCUT2D eigenvalue weighted by molar-refractivity contribution is 6.29. The molecule has 17 heavy (non-hydrogen) atoms. The molecule has 1 aliphatic rings. The number of hydrogen-bond donors (Lipinski definition) is 2. The van der Waals surface area contributed by atoms with Gasteiger partial charge in [-0.3, -0.25) is 0 Å². The SMILES string of the molecule is CCc1nc(Cl)cc(NCC2(O)CCCC2)n1. The Labute approximate surface area is 106 Å². The molecule has 1 aromatic heterocycles. The van der Waals surface area contributed by atoms with Gasteiger partial charge < -0.3 is 10.4 Å². The van der Waals surface area contributed by atoms with E-state index in [2.05, 4.69) is 15.3 Å². The van der Waals surface area contributed by atoms with Crippen LogP contribution in [-0.4, -0.2) is 27.2 Å². The lowest BCUT2D eigenvalue weighted by Gasteiger charge is -2.22. The van der Waals surface area contributed by atoms with Crippen molar-refractivity contribution in [1.82, 2.24) is 9.97 Å². The van der Waals surface area contributed by atoms with Gasteiger partial charge in [0.05, 0.1) is 5.60 Å². The highest BCUT2D eigenvalue weighted by atomic mass is 35.5. The minimum atomic E-state index is -0.580. The van der Waals surface area contributed by atoms with E-state index < -0.39 is 5.60 Å². The van der Waals surface area contributed by atoms with Crippen molar-refractivity contribution in [2.45, 2.75) is 44.6 Å². The molecule has 0 unspecified atom stereocenters. The predicted octanol–water partition coefficient (Wildman–Crippen LogP) is 2.41. The average molecular weight is 256 g/mol. The van der Waals surface area contributed by atoms with Crippen molar-refractivity contribution in [3.05, 3.63) is 17.0 Å². The summed E-state index contributed by atoms with van der Waals surface area (Å²) in [7, 11) is 0. The van der Waals surface area contributed by atoms with Gasteiger partial charge in [-0.25, -0.2) is 9.97 Å². The van der Waals surface area contributed by atoms with Crippen molar-refractivity contribution in [2.24, 2.45) is 0 Å². The molecule has 1 aliphatic carbocycles. The Morgan fingerprint density at radius 1 is 1.41 bits per heavy atom. The fraction of sp³-hybridized carbons (Fsp3) is 0.667. The Bertz CT molecular complexity index is 391. The summed E-state index contributed by atoms with van der Waals surface area (Å²) in [5.74, 6) is 1.42. The van der Waals surface area contributed by atoms with Crippen LogP contribution in [0.5, 0.6) is 0 Å². The highest BCUT2D eigenvalue weighted by Gasteiger charge is 2.30. The Morgan fingerprint density at radius 2 is 2.12 bits per heavy atom. The van der Waals surface area contributed by atoms with Gasteiger partial charge in [0.15, 0.2) is 0 Å². The number of nitrogens with zero attached hydrogens (tertiary/aromatic N) is 2. The van der Waals surface area contributed by atoms with E-state index in [0.717, 1.165) is 37.9 Å². The second kappa shape index (κ2) is 5.19. The molecule has 1 heterocycles. The molecule has 1 fully saturated rings. The molecule has 94 valence electrons. The van der Waals surface area contributed by atoms with Crippen LogP contribution >= 0.6 is 11.6 Å². The van der Waals surface area contributed by atoms with Gasteiger partial charge in [-0.15, -0.1) is 0 Å². The lowest BCUT2D eigenvalue weighted by Crippen LogP contribution is -2.33. The topological polar surface area (TPSA) is 58.0 Å². The molecule has 0 atom stereocenters. The van der Waals surface area contributed by atoms with E-state index in [1.807, 2.05) is 6.92 Å². The number of aryl methyl sites for hydroxylation is 1. The zero-order valence-corrected chi connectivity index (χ0v) is 10.8. The number of aromatic nitrogens is 2. The number of halogens is 1. The fourth-order valence-electron chi connectivity index (χ4n) is 2.18.